The van der Waals surface area contributed by atoms with Gasteiger partial charge in [0.1, 0.15) is 0 Å². The lowest BCUT2D eigenvalue weighted by Gasteiger charge is -2.40. The Morgan fingerprint density at radius 3 is 1.36 bits per heavy atom. The van der Waals surface area contributed by atoms with Crippen LogP contribution in [0.15, 0.2) is 24.3 Å². The van der Waals surface area contributed by atoms with E-state index in [0.29, 0.717) is 0 Å². The molecule has 0 amide bonds. The van der Waals surface area contributed by atoms with Crippen LogP contribution >= 0.6 is 0 Å². The van der Waals surface area contributed by atoms with E-state index in [9.17, 15) is 0 Å². The topological polar surface area (TPSA) is 0 Å². The summed E-state index contributed by atoms with van der Waals surface area (Å²) in [4.78, 5) is 0. The molecule has 126 valence electrons. The second-order valence-electron chi connectivity index (χ2n) is 10.4. The summed E-state index contributed by atoms with van der Waals surface area (Å²) < 4.78 is 0. The van der Waals surface area contributed by atoms with Crippen molar-refractivity contribution in [2.45, 2.75) is 77.6 Å². The minimum absolute atomic E-state index is 0.918. The van der Waals surface area contributed by atoms with Crippen LogP contribution in [0.3, 0.4) is 0 Å². The number of hydrogen-bond acceptors (Lipinski definition) is 0. The van der Waals surface area contributed by atoms with Gasteiger partial charge in [-0.05, 0) is 0 Å². The molecule has 22 heavy (non-hydrogen) atoms. The van der Waals surface area contributed by atoms with E-state index >= 15 is 0 Å². The van der Waals surface area contributed by atoms with E-state index in [1.807, 2.05) is 0 Å². The Kier molecular flexibility index (Phi) is 5.98. The third-order valence-electron chi connectivity index (χ3n) is 5.66. The maximum atomic E-state index is 2.66. The summed E-state index contributed by atoms with van der Waals surface area (Å²) in [7, 11) is -4.56. The van der Waals surface area contributed by atoms with Crippen molar-refractivity contribution in [2.75, 3.05) is 0 Å². The van der Waals surface area contributed by atoms with Gasteiger partial charge in [0.2, 0.25) is 0 Å². The Bertz CT molecular complexity index is 487. The summed E-state index contributed by atoms with van der Waals surface area (Å²) in [6.07, 6.45) is 0. The molecule has 0 fully saturated rings. The lowest BCUT2D eigenvalue weighted by Crippen LogP contribution is -2.63. The van der Waals surface area contributed by atoms with Gasteiger partial charge in [-0.1, -0.05) is 112 Å². The van der Waals surface area contributed by atoms with Crippen molar-refractivity contribution in [2.24, 2.45) is 0 Å². The standard InChI is InChI=1S/C18H38Si4/c1-19(2,3)15-16-21(7,8)22(9,10)18-13-11-17(12-14-18)20(4,5)6/h11-14H,15-16H2,1-10H3. The van der Waals surface area contributed by atoms with E-state index in [2.05, 4.69) is 89.7 Å². The summed E-state index contributed by atoms with van der Waals surface area (Å²) in [6, 6.07) is 12.9. The molecular weight excluding hydrogens is 329 g/mol. The Labute approximate surface area is 143 Å². The quantitative estimate of drug-likeness (QED) is 0.601. The molecule has 0 spiro atoms. The van der Waals surface area contributed by atoms with Gasteiger partial charge >= 0.3 is 0 Å². The van der Waals surface area contributed by atoms with E-state index in [0.717, 1.165) is 0 Å². The molecule has 0 saturated heterocycles. The van der Waals surface area contributed by atoms with E-state index in [1.54, 1.807) is 10.4 Å². The van der Waals surface area contributed by atoms with Gasteiger partial charge in [0.15, 0.2) is 0 Å². The SMILES string of the molecule is C[Si](C)(C)CC[Si](C)(C)[Si](C)(C)c1ccc([Si](C)(C)C)cc1. The van der Waals surface area contributed by atoms with E-state index in [1.165, 1.54) is 12.1 Å². The van der Waals surface area contributed by atoms with Crippen LogP contribution in [0, 0.1) is 0 Å². The minimum atomic E-state index is -1.31. The van der Waals surface area contributed by atoms with Crippen LogP contribution in [-0.4, -0.2) is 31.3 Å². The Balaban J connectivity index is 3.02. The molecule has 0 bridgehead atoms. The van der Waals surface area contributed by atoms with Gasteiger partial charge in [0.05, 0.1) is 15.7 Å². The van der Waals surface area contributed by atoms with Crippen LogP contribution in [-0.2, 0) is 0 Å². The fourth-order valence-corrected chi connectivity index (χ4v) is 17.7. The third kappa shape index (κ3) is 5.04. The molecule has 0 aliphatic carbocycles. The second-order valence-corrected chi connectivity index (χ2v) is 37.0. The van der Waals surface area contributed by atoms with Crippen LogP contribution in [0.2, 0.25) is 77.6 Å². The van der Waals surface area contributed by atoms with Gasteiger partial charge in [-0.2, -0.15) is 0 Å². The van der Waals surface area contributed by atoms with Gasteiger partial charge in [-0.3, -0.25) is 0 Å². The molecule has 0 aliphatic rings. The van der Waals surface area contributed by atoms with Crippen molar-refractivity contribution in [1.29, 1.82) is 0 Å². The van der Waals surface area contributed by atoms with Gasteiger partial charge in [-0.15, -0.1) is 0 Å². The fourth-order valence-electron chi connectivity index (χ4n) is 2.78. The molecule has 1 rings (SSSR count). The average Bonchev–Trinajstić information content (AvgIpc) is 2.34. The predicted molar refractivity (Wildman–Crippen MR) is 117 cm³/mol. The molecule has 1 aromatic carbocycles. The summed E-state index contributed by atoms with van der Waals surface area (Å²) in [5, 5.41) is 3.30. The first-order chi connectivity index (χ1) is 9.67. The van der Waals surface area contributed by atoms with Gasteiger partial charge in [0.25, 0.3) is 0 Å². The maximum Gasteiger partial charge on any atom is 0.0775 e. The van der Waals surface area contributed by atoms with Gasteiger partial charge < -0.3 is 0 Å². The van der Waals surface area contributed by atoms with Crippen molar-refractivity contribution < 1.29 is 0 Å². The first-order valence-electron chi connectivity index (χ1n) is 8.78. The monoisotopic (exact) mass is 366 g/mol. The van der Waals surface area contributed by atoms with Crippen LogP contribution < -0.4 is 10.4 Å². The highest BCUT2D eigenvalue weighted by molar-refractivity contribution is 7.45. The Hall–Kier alpha value is 0.0875. The van der Waals surface area contributed by atoms with Gasteiger partial charge in [-0.25, -0.2) is 0 Å². The molecule has 0 N–H and O–H groups in total. The van der Waals surface area contributed by atoms with Gasteiger partial charge in [0, 0.05) is 15.7 Å². The highest BCUT2D eigenvalue weighted by Crippen LogP contribution is 2.28. The van der Waals surface area contributed by atoms with Crippen molar-refractivity contribution in [3.63, 3.8) is 0 Å². The molecule has 0 saturated carbocycles. The molecule has 4 heteroatoms. The zero-order valence-electron chi connectivity index (χ0n) is 16.7. The number of rotatable bonds is 6. The van der Waals surface area contributed by atoms with Crippen molar-refractivity contribution in [3.05, 3.63) is 24.3 Å². The minimum Gasteiger partial charge on any atom is -0.0710 e. The van der Waals surface area contributed by atoms with Crippen LogP contribution in [0.1, 0.15) is 0 Å². The second kappa shape index (κ2) is 6.53. The molecule has 0 heterocycles. The summed E-state index contributed by atoms with van der Waals surface area (Å²) in [5.41, 5.74) is 0. The predicted octanol–water partition coefficient (Wildman–Crippen LogP) is 5.27. The zero-order chi connectivity index (χ0) is 17.4. The lowest BCUT2D eigenvalue weighted by molar-refractivity contribution is 1.29. The van der Waals surface area contributed by atoms with E-state index < -0.39 is 31.3 Å². The molecule has 0 nitrogen and oxygen atoms in total. The molecule has 0 unspecified atom stereocenters. The number of hydrogen-bond donors (Lipinski definition) is 0. The highest BCUT2D eigenvalue weighted by Gasteiger charge is 2.42. The zero-order valence-corrected chi connectivity index (χ0v) is 20.7. The lowest BCUT2D eigenvalue weighted by atomic mass is 10.4. The maximum absolute atomic E-state index is 2.66. The Morgan fingerprint density at radius 2 is 1.00 bits per heavy atom. The molecular formula is C18H38Si4. The molecule has 0 aromatic heterocycles. The average molecular weight is 367 g/mol. The normalized spacial score (nSPS) is 14.3. The van der Waals surface area contributed by atoms with E-state index in [4.69, 9.17) is 0 Å². The molecule has 0 atom stereocenters. The number of benzene rings is 1. The summed E-state index contributed by atoms with van der Waals surface area (Å²) >= 11 is 0. The highest BCUT2D eigenvalue weighted by atomic mass is 29.3. The Morgan fingerprint density at radius 1 is 0.591 bits per heavy atom. The smallest absolute Gasteiger partial charge is 0.0710 e. The largest absolute Gasteiger partial charge is 0.0775 e. The molecule has 0 radical (unpaired) electrons. The molecule has 0 aliphatic heterocycles. The van der Waals surface area contributed by atoms with Crippen LogP contribution in [0.4, 0.5) is 0 Å². The van der Waals surface area contributed by atoms with Crippen LogP contribution in [0.5, 0.6) is 0 Å². The summed E-state index contributed by atoms with van der Waals surface area (Å²) in [6.45, 7) is 25.5. The van der Waals surface area contributed by atoms with Crippen molar-refractivity contribution in [1.82, 2.24) is 0 Å². The molecule has 1 aromatic rings. The first kappa shape index (κ1) is 20.1. The van der Waals surface area contributed by atoms with Crippen molar-refractivity contribution in [3.8, 4) is 0 Å². The summed E-state index contributed by atoms with van der Waals surface area (Å²) in [5.74, 6) is 0. The van der Waals surface area contributed by atoms with Crippen LogP contribution in [0.25, 0.3) is 0 Å². The van der Waals surface area contributed by atoms with E-state index in [-0.39, 0.29) is 0 Å². The third-order valence-corrected chi connectivity index (χ3v) is 28.4. The first-order valence-corrected chi connectivity index (χ1v) is 23.2. The fraction of sp³-hybridized carbons (Fsp3) is 0.667. The van der Waals surface area contributed by atoms with Crippen molar-refractivity contribution >= 4 is 41.7 Å².